The first-order valence-corrected chi connectivity index (χ1v) is 4.92. The van der Waals surface area contributed by atoms with E-state index in [0.717, 1.165) is 0 Å². The van der Waals surface area contributed by atoms with Gasteiger partial charge in [-0.1, -0.05) is 0 Å². The standard InChI is InChI=1S/C9H16O7/c1-3(2)15-9-6(12)4(10)5(11)7(16-9)8(13)14/h3-7,9-12H,1-2H3,(H,13,14)/t4?,5-,6+,7-,9+/m0/s1. The fourth-order valence-corrected chi connectivity index (χ4v) is 1.43. The van der Waals surface area contributed by atoms with Gasteiger partial charge in [-0.25, -0.2) is 4.79 Å². The summed E-state index contributed by atoms with van der Waals surface area (Å²) in [5.41, 5.74) is 0. The Labute approximate surface area is 92.2 Å². The first-order valence-electron chi connectivity index (χ1n) is 4.92. The van der Waals surface area contributed by atoms with Crippen molar-refractivity contribution in [2.75, 3.05) is 0 Å². The summed E-state index contributed by atoms with van der Waals surface area (Å²) in [5.74, 6) is -1.42. The van der Waals surface area contributed by atoms with Crippen molar-refractivity contribution in [1.82, 2.24) is 0 Å². The molecule has 0 radical (unpaired) electrons. The van der Waals surface area contributed by atoms with Gasteiger partial charge < -0.3 is 29.9 Å². The predicted octanol–water partition coefficient (Wildman–Crippen LogP) is -1.70. The third-order valence-electron chi connectivity index (χ3n) is 2.22. The van der Waals surface area contributed by atoms with Crippen molar-refractivity contribution in [1.29, 1.82) is 0 Å². The van der Waals surface area contributed by atoms with Crippen LogP contribution in [0.5, 0.6) is 0 Å². The van der Waals surface area contributed by atoms with Crippen molar-refractivity contribution in [2.45, 2.75) is 50.7 Å². The molecule has 0 aliphatic carbocycles. The van der Waals surface area contributed by atoms with Gasteiger partial charge in [0, 0.05) is 0 Å². The first-order chi connectivity index (χ1) is 7.34. The van der Waals surface area contributed by atoms with Crippen molar-refractivity contribution in [2.24, 2.45) is 0 Å². The summed E-state index contributed by atoms with van der Waals surface area (Å²) in [6.07, 6.45) is -7.95. The number of ether oxygens (including phenoxy) is 2. The van der Waals surface area contributed by atoms with Crippen LogP contribution in [0.2, 0.25) is 0 Å². The number of aliphatic carboxylic acids is 1. The van der Waals surface area contributed by atoms with Crippen LogP contribution in [0.3, 0.4) is 0 Å². The Morgan fingerprint density at radius 2 is 1.75 bits per heavy atom. The van der Waals surface area contributed by atoms with Crippen LogP contribution in [-0.2, 0) is 14.3 Å². The molecule has 0 aromatic rings. The predicted molar refractivity (Wildman–Crippen MR) is 50.5 cm³/mol. The number of aliphatic hydroxyl groups is 3. The minimum absolute atomic E-state index is 0.309. The summed E-state index contributed by atoms with van der Waals surface area (Å²) >= 11 is 0. The van der Waals surface area contributed by atoms with Crippen molar-refractivity contribution in [3.63, 3.8) is 0 Å². The topological polar surface area (TPSA) is 116 Å². The van der Waals surface area contributed by atoms with Crippen LogP contribution in [0.15, 0.2) is 0 Å². The summed E-state index contributed by atoms with van der Waals surface area (Å²) in [6.45, 7) is 3.34. The number of carboxylic acid groups (broad SMARTS) is 1. The Morgan fingerprint density at radius 3 is 2.19 bits per heavy atom. The quantitative estimate of drug-likeness (QED) is 0.461. The Kier molecular flexibility index (Phi) is 4.22. The number of rotatable bonds is 3. The summed E-state index contributed by atoms with van der Waals surface area (Å²) in [7, 11) is 0. The van der Waals surface area contributed by atoms with Crippen molar-refractivity contribution < 1.29 is 34.7 Å². The zero-order chi connectivity index (χ0) is 12.5. The van der Waals surface area contributed by atoms with Gasteiger partial charge in [0.05, 0.1) is 6.10 Å². The zero-order valence-electron chi connectivity index (χ0n) is 8.98. The Balaban J connectivity index is 2.77. The molecule has 0 aromatic heterocycles. The van der Waals surface area contributed by atoms with E-state index >= 15 is 0 Å². The molecule has 0 spiro atoms. The number of hydrogen-bond donors (Lipinski definition) is 4. The molecule has 1 unspecified atom stereocenters. The number of aliphatic hydroxyl groups excluding tert-OH is 3. The van der Waals surface area contributed by atoms with E-state index < -0.39 is 36.7 Å². The third kappa shape index (κ3) is 2.69. The van der Waals surface area contributed by atoms with Crippen molar-refractivity contribution in [3.05, 3.63) is 0 Å². The molecule has 1 fully saturated rings. The van der Waals surface area contributed by atoms with E-state index in [1.54, 1.807) is 13.8 Å². The molecule has 7 heteroatoms. The van der Waals surface area contributed by atoms with Gasteiger partial charge in [0.15, 0.2) is 12.4 Å². The van der Waals surface area contributed by atoms with Crippen LogP contribution in [0.25, 0.3) is 0 Å². The second-order valence-corrected chi connectivity index (χ2v) is 3.92. The summed E-state index contributed by atoms with van der Waals surface area (Å²) < 4.78 is 9.97. The van der Waals surface area contributed by atoms with Crippen LogP contribution in [0.1, 0.15) is 13.8 Å². The SMILES string of the molecule is CC(C)O[C@@H]1O[C@H](C(=O)O)[C@@H](O)C(O)[C@H]1O. The molecule has 1 saturated heterocycles. The van der Waals surface area contributed by atoms with E-state index in [9.17, 15) is 20.1 Å². The molecular weight excluding hydrogens is 220 g/mol. The second-order valence-electron chi connectivity index (χ2n) is 3.92. The van der Waals surface area contributed by atoms with Crippen LogP contribution >= 0.6 is 0 Å². The maximum Gasteiger partial charge on any atom is 0.335 e. The van der Waals surface area contributed by atoms with Gasteiger partial charge in [0.1, 0.15) is 18.3 Å². The molecule has 94 valence electrons. The highest BCUT2D eigenvalue weighted by molar-refractivity contribution is 5.73. The average Bonchev–Trinajstić information content (AvgIpc) is 2.18. The van der Waals surface area contributed by atoms with E-state index in [1.165, 1.54) is 0 Å². The molecule has 4 N–H and O–H groups in total. The molecule has 0 bridgehead atoms. The fraction of sp³-hybridized carbons (Fsp3) is 0.889. The molecule has 0 saturated carbocycles. The monoisotopic (exact) mass is 236 g/mol. The highest BCUT2D eigenvalue weighted by Crippen LogP contribution is 2.23. The Hall–Kier alpha value is -0.730. The van der Waals surface area contributed by atoms with Crippen molar-refractivity contribution in [3.8, 4) is 0 Å². The lowest BCUT2D eigenvalue weighted by Crippen LogP contribution is -2.60. The van der Waals surface area contributed by atoms with E-state index in [-0.39, 0.29) is 6.10 Å². The largest absolute Gasteiger partial charge is 0.479 e. The van der Waals surface area contributed by atoms with E-state index in [2.05, 4.69) is 0 Å². The van der Waals surface area contributed by atoms with Crippen LogP contribution in [0, 0.1) is 0 Å². The molecule has 0 amide bonds. The fourth-order valence-electron chi connectivity index (χ4n) is 1.43. The first kappa shape index (κ1) is 13.3. The summed E-state index contributed by atoms with van der Waals surface area (Å²) in [4.78, 5) is 10.7. The molecule has 7 nitrogen and oxygen atoms in total. The van der Waals surface area contributed by atoms with Gasteiger partial charge in [0.25, 0.3) is 0 Å². The number of carbonyl (C=O) groups is 1. The maximum absolute atomic E-state index is 10.7. The average molecular weight is 236 g/mol. The molecule has 1 aliphatic heterocycles. The van der Waals surface area contributed by atoms with Gasteiger partial charge in [-0.3, -0.25) is 0 Å². The lowest BCUT2D eigenvalue weighted by molar-refractivity contribution is -0.301. The minimum Gasteiger partial charge on any atom is -0.479 e. The lowest BCUT2D eigenvalue weighted by Gasteiger charge is -2.39. The van der Waals surface area contributed by atoms with Crippen molar-refractivity contribution >= 4 is 5.97 Å². The Morgan fingerprint density at radius 1 is 1.19 bits per heavy atom. The Bertz CT molecular complexity index is 254. The van der Waals surface area contributed by atoms with Gasteiger partial charge >= 0.3 is 5.97 Å². The normalized spacial score (nSPS) is 40.0. The summed E-state index contributed by atoms with van der Waals surface area (Å²) in [5, 5.41) is 37.0. The summed E-state index contributed by atoms with van der Waals surface area (Å²) in [6, 6.07) is 0. The van der Waals surface area contributed by atoms with E-state index in [1.807, 2.05) is 0 Å². The highest BCUT2D eigenvalue weighted by atomic mass is 16.7. The minimum atomic E-state index is -1.68. The lowest BCUT2D eigenvalue weighted by atomic mass is 9.99. The smallest absolute Gasteiger partial charge is 0.335 e. The van der Waals surface area contributed by atoms with Gasteiger partial charge in [-0.2, -0.15) is 0 Å². The molecule has 5 atom stereocenters. The molecule has 1 heterocycles. The molecule has 0 aromatic carbocycles. The van der Waals surface area contributed by atoms with Crippen LogP contribution in [0.4, 0.5) is 0 Å². The molecular formula is C9H16O7. The third-order valence-corrected chi connectivity index (χ3v) is 2.22. The van der Waals surface area contributed by atoms with Gasteiger partial charge in [0.2, 0.25) is 0 Å². The highest BCUT2D eigenvalue weighted by Gasteiger charge is 2.47. The second kappa shape index (κ2) is 5.07. The zero-order valence-corrected chi connectivity index (χ0v) is 8.98. The maximum atomic E-state index is 10.7. The molecule has 1 aliphatic rings. The number of carboxylic acids is 1. The molecule has 1 rings (SSSR count). The van der Waals surface area contributed by atoms with Crippen LogP contribution in [-0.4, -0.2) is 63.2 Å². The van der Waals surface area contributed by atoms with E-state index in [4.69, 9.17) is 14.6 Å². The number of hydrogen-bond acceptors (Lipinski definition) is 6. The molecule has 16 heavy (non-hydrogen) atoms. The van der Waals surface area contributed by atoms with Gasteiger partial charge in [-0.15, -0.1) is 0 Å². The van der Waals surface area contributed by atoms with E-state index in [0.29, 0.717) is 0 Å². The van der Waals surface area contributed by atoms with Gasteiger partial charge in [-0.05, 0) is 13.8 Å². The van der Waals surface area contributed by atoms with Crippen LogP contribution < -0.4 is 0 Å².